The van der Waals surface area contributed by atoms with Crippen LogP contribution in [0.4, 0.5) is 0 Å². The van der Waals surface area contributed by atoms with Crippen molar-refractivity contribution in [1.29, 1.82) is 0 Å². The molecule has 3 nitrogen and oxygen atoms in total. The van der Waals surface area contributed by atoms with Crippen molar-refractivity contribution in [2.75, 3.05) is 26.9 Å². The van der Waals surface area contributed by atoms with Crippen LogP contribution in [-0.4, -0.2) is 38.5 Å². The van der Waals surface area contributed by atoms with E-state index in [4.69, 9.17) is 9.47 Å². The van der Waals surface area contributed by atoms with Gasteiger partial charge in [0.2, 0.25) is 0 Å². The van der Waals surface area contributed by atoms with Crippen molar-refractivity contribution < 1.29 is 9.47 Å². The summed E-state index contributed by atoms with van der Waals surface area (Å²) < 4.78 is 11.7. The third kappa shape index (κ3) is 3.75. The van der Waals surface area contributed by atoms with Crippen LogP contribution in [0.3, 0.4) is 0 Å². The van der Waals surface area contributed by atoms with Crippen molar-refractivity contribution in [3.05, 3.63) is 0 Å². The zero-order valence-electron chi connectivity index (χ0n) is 13.6. The van der Waals surface area contributed by atoms with E-state index in [1.54, 1.807) is 0 Å². The summed E-state index contributed by atoms with van der Waals surface area (Å²) in [5, 5.41) is 3.83. The molecule has 0 radical (unpaired) electrons. The first-order valence-electron chi connectivity index (χ1n) is 8.58. The Morgan fingerprint density at radius 2 is 1.85 bits per heavy atom. The first-order valence-corrected chi connectivity index (χ1v) is 8.58. The second-order valence-electron chi connectivity index (χ2n) is 6.83. The second kappa shape index (κ2) is 7.77. The van der Waals surface area contributed by atoms with Crippen LogP contribution in [-0.2, 0) is 9.47 Å². The van der Waals surface area contributed by atoms with Crippen LogP contribution in [0, 0.1) is 11.8 Å². The van der Waals surface area contributed by atoms with E-state index in [0.717, 1.165) is 25.7 Å². The largest absolute Gasteiger partial charge is 0.381 e. The molecule has 1 saturated heterocycles. The summed E-state index contributed by atoms with van der Waals surface area (Å²) in [6.45, 7) is 7.57. The fourth-order valence-electron chi connectivity index (χ4n) is 4.02. The minimum atomic E-state index is 0.0592. The molecule has 0 amide bonds. The molecule has 1 N–H and O–H groups in total. The van der Waals surface area contributed by atoms with E-state index in [0.29, 0.717) is 12.0 Å². The molecule has 1 atom stereocenters. The highest BCUT2D eigenvalue weighted by Gasteiger charge is 2.44. The van der Waals surface area contributed by atoms with Gasteiger partial charge in [0.05, 0.1) is 5.60 Å². The molecule has 2 fully saturated rings. The number of nitrogens with one attached hydrogen (secondary N) is 1. The zero-order valence-corrected chi connectivity index (χ0v) is 13.6. The van der Waals surface area contributed by atoms with Gasteiger partial charge in [0, 0.05) is 26.4 Å². The van der Waals surface area contributed by atoms with Gasteiger partial charge >= 0.3 is 0 Å². The minimum absolute atomic E-state index is 0.0592. The second-order valence-corrected chi connectivity index (χ2v) is 6.83. The van der Waals surface area contributed by atoms with Gasteiger partial charge in [-0.2, -0.15) is 0 Å². The molecule has 20 heavy (non-hydrogen) atoms. The Labute approximate surface area is 124 Å². The Bertz CT molecular complexity index is 268. The molecule has 0 aromatic carbocycles. The Hall–Kier alpha value is -0.120. The van der Waals surface area contributed by atoms with E-state index in [1.807, 2.05) is 7.11 Å². The van der Waals surface area contributed by atoms with Gasteiger partial charge < -0.3 is 14.8 Å². The third-order valence-corrected chi connectivity index (χ3v) is 5.45. The molecule has 2 rings (SSSR count). The quantitative estimate of drug-likeness (QED) is 0.810. The normalized spacial score (nSPS) is 34.0. The van der Waals surface area contributed by atoms with Crippen LogP contribution in [0.25, 0.3) is 0 Å². The molecule has 1 aliphatic carbocycles. The summed E-state index contributed by atoms with van der Waals surface area (Å²) in [4.78, 5) is 0. The van der Waals surface area contributed by atoms with E-state index in [1.165, 1.54) is 44.9 Å². The van der Waals surface area contributed by atoms with Gasteiger partial charge in [0.15, 0.2) is 0 Å². The summed E-state index contributed by atoms with van der Waals surface area (Å²) in [5.41, 5.74) is 0.0592. The molecular weight excluding hydrogens is 250 g/mol. The average molecular weight is 283 g/mol. The van der Waals surface area contributed by atoms with Gasteiger partial charge in [-0.25, -0.2) is 0 Å². The van der Waals surface area contributed by atoms with Crippen LogP contribution in [0.5, 0.6) is 0 Å². The van der Waals surface area contributed by atoms with Crippen molar-refractivity contribution >= 4 is 0 Å². The van der Waals surface area contributed by atoms with Gasteiger partial charge in [-0.3, -0.25) is 0 Å². The lowest BCUT2D eigenvalue weighted by molar-refractivity contribution is -0.0990. The van der Waals surface area contributed by atoms with Gasteiger partial charge in [0.25, 0.3) is 0 Å². The van der Waals surface area contributed by atoms with E-state index < -0.39 is 0 Å². The van der Waals surface area contributed by atoms with Crippen LogP contribution < -0.4 is 5.32 Å². The topological polar surface area (TPSA) is 30.5 Å². The number of hydrogen-bond donors (Lipinski definition) is 1. The fraction of sp³-hybridized carbons (Fsp3) is 1.00. The number of ether oxygens (including phenoxy) is 2. The van der Waals surface area contributed by atoms with Crippen molar-refractivity contribution in [3.8, 4) is 0 Å². The number of methoxy groups -OCH3 is 1. The number of rotatable bonds is 6. The monoisotopic (exact) mass is 283 g/mol. The summed E-state index contributed by atoms with van der Waals surface area (Å²) in [6.07, 6.45) is 8.59. The van der Waals surface area contributed by atoms with Gasteiger partial charge in [-0.1, -0.05) is 13.8 Å². The minimum Gasteiger partial charge on any atom is -0.381 e. The molecule has 118 valence electrons. The summed E-state index contributed by atoms with van der Waals surface area (Å²) >= 11 is 0. The highest BCUT2D eigenvalue weighted by Crippen LogP contribution is 2.40. The standard InChI is InChI=1S/C17H33NO2/c1-4-11-18-16(15-7-12-20-13-8-15)17(19-3)9-5-14(2)6-10-17/h14-16,18H,4-13H2,1-3H3. The molecule has 2 aliphatic rings. The third-order valence-electron chi connectivity index (χ3n) is 5.45. The predicted octanol–water partition coefficient (Wildman–Crippen LogP) is 3.38. The van der Waals surface area contributed by atoms with Gasteiger partial charge in [-0.15, -0.1) is 0 Å². The molecule has 0 bridgehead atoms. The van der Waals surface area contributed by atoms with Crippen molar-refractivity contribution in [1.82, 2.24) is 5.32 Å². The lowest BCUT2D eigenvalue weighted by atomic mass is 9.70. The van der Waals surface area contributed by atoms with Crippen molar-refractivity contribution in [3.63, 3.8) is 0 Å². The van der Waals surface area contributed by atoms with E-state index in [9.17, 15) is 0 Å². The van der Waals surface area contributed by atoms with E-state index in [-0.39, 0.29) is 5.60 Å². The highest BCUT2D eigenvalue weighted by molar-refractivity contribution is 5.00. The fourth-order valence-corrected chi connectivity index (χ4v) is 4.02. The Balaban J connectivity index is 2.09. The van der Waals surface area contributed by atoms with Crippen LogP contribution >= 0.6 is 0 Å². The molecular formula is C17H33NO2. The predicted molar refractivity (Wildman–Crippen MR) is 83.0 cm³/mol. The molecule has 0 aromatic heterocycles. The highest BCUT2D eigenvalue weighted by atomic mass is 16.5. The Morgan fingerprint density at radius 1 is 1.20 bits per heavy atom. The first-order chi connectivity index (χ1) is 9.72. The SMILES string of the molecule is CCCNC(C1CCOCC1)C1(OC)CCC(C)CC1. The molecule has 1 saturated carbocycles. The Kier molecular flexibility index (Phi) is 6.31. The average Bonchev–Trinajstić information content (AvgIpc) is 2.51. The van der Waals surface area contributed by atoms with Crippen LogP contribution in [0.2, 0.25) is 0 Å². The first kappa shape index (κ1) is 16.3. The Morgan fingerprint density at radius 3 is 2.40 bits per heavy atom. The molecule has 1 aliphatic heterocycles. The lowest BCUT2D eigenvalue weighted by Gasteiger charge is -2.48. The van der Waals surface area contributed by atoms with Gasteiger partial charge in [0.1, 0.15) is 0 Å². The summed E-state index contributed by atoms with van der Waals surface area (Å²) in [7, 11) is 1.93. The summed E-state index contributed by atoms with van der Waals surface area (Å²) in [5.74, 6) is 1.57. The molecule has 1 heterocycles. The summed E-state index contributed by atoms with van der Waals surface area (Å²) in [6, 6.07) is 0.504. The maximum atomic E-state index is 6.14. The molecule has 0 aromatic rings. The van der Waals surface area contributed by atoms with Gasteiger partial charge in [-0.05, 0) is 63.3 Å². The lowest BCUT2D eigenvalue weighted by Crippen LogP contribution is -2.58. The van der Waals surface area contributed by atoms with Crippen LogP contribution in [0.1, 0.15) is 58.8 Å². The zero-order chi connectivity index (χ0) is 14.4. The molecule has 3 heteroatoms. The smallest absolute Gasteiger partial charge is 0.0833 e. The number of hydrogen-bond acceptors (Lipinski definition) is 3. The van der Waals surface area contributed by atoms with Crippen molar-refractivity contribution in [2.24, 2.45) is 11.8 Å². The maximum absolute atomic E-state index is 6.14. The van der Waals surface area contributed by atoms with E-state index in [2.05, 4.69) is 19.2 Å². The van der Waals surface area contributed by atoms with Crippen LogP contribution in [0.15, 0.2) is 0 Å². The van der Waals surface area contributed by atoms with E-state index >= 15 is 0 Å². The molecule has 0 spiro atoms. The maximum Gasteiger partial charge on any atom is 0.0833 e. The molecule has 1 unspecified atom stereocenters. The van der Waals surface area contributed by atoms with Crippen molar-refractivity contribution in [2.45, 2.75) is 70.4 Å².